The van der Waals surface area contributed by atoms with E-state index in [0.717, 1.165) is 17.0 Å². The third kappa shape index (κ3) is 4.42. The second kappa shape index (κ2) is 5.31. The molecule has 2 N–H and O–H groups in total. The van der Waals surface area contributed by atoms with Crippen LogP contribution in [-0.4, -0.2) is 17.0 Å². The third-order valence-corrected chi connectivity index (χ3v) is 2.61. The van der Waals surface area contributed by atoms with Crippen LogP contribution in [0.5, 0.6) is 0 Å². The Labute approximate surface area is 91.2 Å². The van der Waals surface area contributed by atoms with Gasteiger partial charge in [-0.3, -0.25) is 4.79 Å². The van der Waals surface area contributed by atoms with Gasteiger partial charge in [-0.15, -0.1) is 11.3 Å². The van der Waals surface area contributed by atoms with Gasteiger partial charge in [-0.25, -0.2) is 4.79 Å². The number of nitrogens with one attached hydrogen (secondary N) is 1. The molecule has 0 spiro atoms. The standard InChI is InChI=1S/C10H11NO3S/c1-7-2-3-8(15-7)6-11-9(12)4-5-10(13)14/h2-5H,6H2,1H3,(H,11,12)(H,13,14). The molecule has 0 aliphatic carbocycles. The number of carboxylic acids is 1. The summed E-state index contributed by atoms with van der Waals surface area (Å²) in [6, 6.07) is 3.90. The highest BCUT2D eigenvalue weighted by molar-refractivity contribution is 7.11. The fourth-order valence-corrected chi connectivity index (χ4v) is 1.79. The number of carboxylic acid groups (broad SMARTS) is 1. The molecule has 4 nitrogen and oxygen atoms in total. The zero-order chi connectivity index (χ0) is 11.3. The average Bonchev–Trinajstić information content (AvgIpc) is 2.58. The summed E-state index contributed by atoms with van der Waals surface area (Å²) >= 11 is 1.60. The van der Waals surface area contributed by atoms with Crippen LogP contribution in [-0.2, 0) is 16.1 Å². The number of hydrogen-bond acceptors (Lipinski definition) is 3. The van der Waals surface area contributed by atoms with E-state index >= 15 is 0 Å². The van der Waals surface area contributed by atoms with Crippen molar-refractivity contribution >= 4 is 23.2 Å². The summed E-state index contributed by atoms with van der Waals surface area (Å²) in [6.07, 6.45) is 1.82. The Morgan fingerprint density at radius 1 is 1.47 bits per heavy atom. The van der Waals surface area contributed by atoms with Crippen LogP contribution in [0.15, 0.2) is 24.3 Å². The predicted molar refractivity (Wildman–Crippen MR) is 57.7 cm³/mol. The van der Waals surface area contributed by atoms with Gasteiger partial charge in [0.15, 0.2) is 0 Å². The highest BCUT2D eigenvalue weighted by atomic mass is 32.1. The minimum atomic E-state index is -1.13. The van der Waals surface area contributed by atoms with E-state index in [4.69, 9.17) is 5.11 Å². The van der Waals surface area contributed by atoms with Crippen LogP contribution in [0.3, 0.4) is 0 Å². The Balaban J connectivity index is 2.37. The van der Waals surface area contributed by atoms with Crippen LogP contribution >= 0.6 is 11.3 Å². The van der Waals surface area contributed by atoms with E-state index in [-0.39, 0.29) is 0 Å². The highest BCUT2D eigenvalue weighted by Crippen LogP contribution is 2.14. The molecule has 5 heteroatoms. The summed E-state index contributed by atoms with van der Waals surface area (Å²) < 4.78 is 0. The minimum Gasteiger partial charge on any atom is -0.478 e. The number of amides is 1. The third-order valence-electron chi connectivity index (χ3n) is 1.61. The SMILES string of the molecule is Cc1ccc(CNC(=O)C=CC(=O)O)s1. The lowest BCUT2D eigenvalue weighted by Crippen LogP contribution is -2.19. The Morgan fingerprint density at radius 2 is 2.20 bits per heavy atom. The van der Waals surface area contributed by atoms with Crippen molar-refractivity contribution in [1.29, 1.82) is 0 Å². The quantitative estimate of drug-likeness (QED) is 0.759. The van der Waals surface area contributed by atoms with Crippen molar-refractivity contribution in [1.82, 2.24) is 5.32 Å². The first kappa shape index (κ1) is 11.5. The molecule has 0 saturated carbocycles. The molecule has 0 atom stereocenters. The second-order valence-corrected chi connectivity index (χ2v) is 4.27. The molecule has 0 radical (unpaired) electrons. The van der Waals surface area contributed by atoms with E-state index in [0.29, 0.717) is 6.54 Å². The first-order valence-corrected chi connectivity index (χ1v) is 5.14. The van der Waals surface area contributed by atoms with Crippen molar-refractivity contribution in [2.24, 2.45) is 0 Å². The average molecular weight is 225 g/mol. The van der Waals surface area contributed by atoms with Crippen LogP contribution in [0.4, 0.5) is 0 Å². The molecular weight excluding hydrogens is 214 g/mol. The monoisotopic (exact) mass is 225 g/mol. The number of hydrogen-bond donors (Lipinski definition) is 2. The largest absolute Gasteiger partial charge is 0.478 e. The normalized spacial score (nSPS) is 10.5. The molecule has 1 amide bonds. The maximum atomic E-state index is 11.1. The number of rotatable bonds is 4. The molecule has 1 aromatic rings. The van der Waals surface area contributed by atoms with Crippen LogP contribution in [0.2, 0.25) is 0 Å². The van der Waals surface area contributed by atoms with Gasteiger partial charge >= 0.3 is 5.97 Å². The van der Waals surface area contributed by atoms with Crippen molar-refractivity contribution in [3.63, 3.8) is 0 Å². The lowest BCUT2D eigenvalue weighted by molar-refractivity contribution is -0.131. The zero-order valence-electron chi connectivity index (χ0n) is 8.19. The summed E-state index contributed by atoms with van der Waals surface area (Å²) in [7, 11) is 0. The summed E-state index contributed by atoms with van der Waals surface area (Å²) in [5.74, 6) is -1.53. The molecule has 0 fully saturated rings. The number of thiophene rings is 1. The van der Waals surface area contributed by atoms with Gasteiger partial charge in [0, 0.05) is 21.9 Å². The molecule has 0 aromatic carbocycles. The second-order valence-electron chi connectivity index (χ2n) is 2.90. The van der Waals surface area contributed by atoms with Crippen LogP contribution in [0, 0.1) is 6.92 Å². The topological polar surface area (TPSA) is 66.4 Å². The van der Waals surface area contributed by atoms with E-state index in [1.165, 1.54) is 4.88 Å². The van der Waals surface area contributed by atoms with Gasteiger partial charge in [0.05, 0.1) is 6.54 Å². The summed E-state index contributed by atoms with van der Waals surface area (Å²) in [5, 5.41) is 10.9. The van der Waals surface area contributed by atoms with Crippen molar-refractivity contribution in [2.75, 3.05) is 0 Å². The lowest BCUT2D eigenvalue weighted by Gasteiger charge is -1.97. The van der Waals surface area contributed by atoms with Crippen molar-refractivity contribution < 1.29 is 14.7 Å². The van der Waals surface area contributed by atoms with Gasteiger partial charge in [0.2, 0.25) is 5.91 Å². The zero-order valence-corrected chi connectivity index (χ0v) is 9.00. The number of carbonyl (C=O) groups excluding carboxylic acids is 1. The predicted octanol–water partition coefficient (Wildman–Crippen LogP) is 1.31. The first-order chi connectivity index (χ1) is 7.08. The number of aryl methyl sites for hydroxylation is 1. The van der Waals surface area contributed by atoms with Crippen molar-refractivity contribution in [3.05, 3.63) is 34.0 Å². The smallest absolute Gasteiger partial charge is 0.328 e. The molecule has 1 heterocycles. The van der Waals surface area contributed by atoms with Gasteiger partial charge in [0.25, 0.3) is 0 Å². The molecule has 15 heavy (non-hydrogen) atoms. The van der Waals surface area contributed by atoms with Crippen LogP contribution in [0.25, 0.3) is 0 Å². The summed E-state index contributed by atoms with van der Waals surface area (Å²) in [5.41, 5.74) is 0. The molecule has 0 unspecified atom stereocenters. The van der Waals surface area contributed by atoms with Gasteiger partial charge < -0.3 is 10.4 Å². The van der Waals surface area contributed by atoms with Gasteiger partial charge in [-0.05, 0) is 19.1 Å². The van der Waals surface area contributed by atoms with E-state index in [2.05, 4.69) is 5.32 Å². The van der Waals surface area contributed by atoms with E-state index in [9.17, 15) is 9.59 Å². The van der Waals surface area contributed by atoms with Crippen molar-refractivity contribution in [3.8, 4) is 0 Å². The molecule has 0 bridgehead atoms. The fourth-order valence-electron chi connectivity index (χ4n) is 0.960. The fraction of sp³-hybridized carbons (Fsp3) is 0.200. The molecular formula is C10H11NO3S. The molecule has 1 aromatic heterocycles. The molecule has 1 rings (SSSR count). The number of aliphatic carboxylic acids is 1. The summed E-state index contributed by atoms with van der Waals surface area (Å²) in [4.78, 5) is 23.4. The van der Waals surface area contributed by atoms with Gasteiger partial charge in [-0.2, -0.15) is 0 Å². The van der Waals surface area contributed by atoms with Gasteiger partial charge in [0.1, 0.15) is 0 Å². The highest BCUT2D eigenvalue weighted by Gasteiger charge is 1.99. The first-order valence-electron chi connectivity index (χ1n) is 4.32. The maximum Gasteiger partial charge on any atom is 0.328 e. The summed E-state index contributed by atoms with van der Waals surface area (Å²) in [6.45, 7) is 2.42. The number of carbonyl (C=O) groups is 2. The van der Waals surface area contributed by atoms with E-state index < -0.39 is 11.9 Å². The minimum absolute atomic E-state index is 0.400. The Hall–Kier alpha value is -1.62. The van der Waals surface area contributed by atoms with Crippen LogP contribution in [0.1, 0.15) is 9.75 Å². The Morgan fingerprint density at radius 3 is 2.73 bits per heavy atom. The Kier molecular flexibility index (Phi) is 4.05. The van der Waals surface area contributed by atoms with E-state index in [1.807, 2.05) is 19.1 Å². The molecule has 0 saturated heterocycles. The lowest BCUT2D eigenvalue weighted by atomic mass is 10.4. The molecule has 80 valence electrons. The van der Waals surface area contributed by atoms with Crippen molar-refractivity contribution in [2.45, 2.75) is 13.5 Å². The molecule has 0 aliphatic rings. The maximum absolute atomic E-state index is 11.1. The van der Waals surface area contributed by atoms with E-state index in [1.54, 1.807) is 11.3 Å². The Bertz CT molecular complexity index is 395. The van der Waals surface area contributed by atoms with Crippen LogP contribution < -0.4 is 5.32 Å². The molecule has 0 aliphatic heterocycles. The van der Waals surface area contributed by atoms with Gasteiger partial charge in [-0.1, -0.05) is 0 Å².